The van der Waals surface area contributed by atoms with E-state index in [-0.39, 0.29) is 34.1 Å². The van der Waals surface area contributed by atoms with E-state index in [4.69, 9.17) is 4.74 Å². The van der Waals surface area contributed by atoms with Gasteiger partial charge in [-0.15, -0.1) is 0 Å². The molecule has 1 N–H and O–H groups in total. The van der Waals surface area contributed by atoms with Crippen LogP contribution in [-0.2, 0) is 11.3 Å². The molecule has 1 saturated carbocycles. The molecule has 11 heteroatoms. The van der Waals surface area contributed by atoms with Crippen molar-refractivity contribution in [3.63, 3.8) is 0 Å². The number of hydrogen-bond donors (Lipinski definition) is 1. The number of anilines is 1. The van der Waals surface area contributed by atoms with Crippen LogP contribution in [0.2, 0.25) is 0 Å². The first kappa shape index (κ1) is 22.8. The number of nitrogens with one attached hydrogen (secondary N) is 1. The van der Waals surface area contributed by atoms with Crippen LogP contribution in [0.15, 0.2) is 46.9 Å². The number of benzene rings is 2. The lowest BCUT2D eigenvalue weighted by Crippen LogP contribution is -2.21. The van der Waals surface area contributed by atoms with Crippen molar-refractivity contribution in [3.05, 3.63) is 74.0 Å². The van der Waals surface area contributed by atoms with Crippen molar-refractivity contribution < 1.29 is 23.2 Å². The minimum atomic E-state index is -2.78. The summed E-state index contributed by atoms with van der Waals surface area (Å²) in [6.45, 7) is 1.57. The quantitative estimate of drug-likeness (QED) is 0.285. The lowest BCUT2D eigenvalue weighted by molar-refractivity contribution is -0.384. The zero-order valence-corrected chi connectivity index (χ0v) is 19.0. The molecule has 0 spiro atoms. The Morgan fingerprint density at radius 3 is 2.70 bits per heavy atom. The van der Waals surface area contributed by atoms with Crippen LogP contribution in [0.5, 0.6) is 11.5 Å². The van der Waals surface area contributed by atoms with Crippen molar-refractivity contribution in [2.75, 3.05) is 5.32 Å². The van der Waals surface area contributed by atoms with E-state index in [1.165, 1.54) is 22.9 Å². The topological polar surface area (TPSA) is 99.3 Å². The van der Waals surface area contributed by atoms with Gasteiger partial charge in [0.2, 0.25) is 5.91 Å². The second kappa shape index (κ2) is 9.26. The molecule has 0 bridgehead atoms. The third-order valence-electron chi connectivity index (χ3n) is 5.03. The maximum absolute atomic E-state index is 13.3. The largest absolute Gasteiger partial charge is 0.457 e. The second-order valence-corrected chi connectivity index (χ2v) is 8.55. The summed E-state index contributed by atoms with van der Waals surface area (Å²) in [6.07, 6.45) is -1.11. The molecule has 4 rings (SSSR count). The number of ether oxygens (including phenoxy) is 1. The molecule has 3 aromatic rings. The van der Waals surface area contributed by atoms with Crippen LogP contribution in [0.1, 0.15) is 42.1 Å². The predicted molar refractivity (Wildman–Crippen MR) is 120 cm³/mol. The highest BCUT2D eigenvalue weighted by Gasteiger charge is 2.34. The van der Waals surface area contributed by atoms with Gasteiger partial charge in [0.25, 0.3) is 12.1 Å². The number of alkyl halides is 2. The van der Waals surface area contributed by atoms with Crippen LogP contribution in [0, 0.1) is 17.0 Å². The summed E-state index contributed by atoms with van der Waals surface area (Å²) in [6, 6.07) is 11.1. The summed E-state index contributed by atoms with van der Waals surface area (Å²) >= 11 is 3.19. The smallest absolute Gasteiger partial charge is 0.283 e. The van der Waals surface area contributed by atoms with Crippen molar-refractivity contribution in [3.8, 4) is 11.5 Å². The number of halogens is 3. The summed E-state index contributed by atoms with van der Waals surface area (Å²) in [5.74, 6) is 0.169. The van der Waals surface area contributed by atoms with E-state index in [1.807, 2.05) is 13.0 Å². The Bertz CT molecular complexity index is 1230. The van der Waals surface area contributed by atoms with Crippen molar-refractivity contribution in [2.45, 2.75) is 38.7 Å². The van der Waals surface area contributed by atoms with Gasteiger partial charge in [-0.3, -0.25) is 19.6 Å². The number of amides is 1. The Morgan fingerprint density at radius 1 is 1.30 bits per heavy atom. The molecule has 1 aromatic heterocycles. The molecule has 1 heterocycles. The van der Waals surface area contributed by atoms with Gasteiger partial charge in [-0.1, -0.05) is 12.1 Å². The van der Waals surface area contributed by atoms with Gasteiger partial charge in [0.1, 0.15) is 23.7 Å². The molecular weight excluding hydrogens is 502 g/mol. The van der Waals surface area contributed by atoms with Crippen LogP contribution in [-0.4, -0.2) is 20.6 Å². The fourth-order valence-electron chi connectivity index (χ4n) is 3.45. The summed E-state index contributed by atoms with van der Waals surface area (Å²) in [4.78, 5) is 23.5. The number of nitro benzene ring substituents is 1. The molecule has 0 atom stereocenters. The van der Waals surface area contributed by atoms with E-state index in [9.17, 15) is 23.7 Å². The summed E-state index contributed by atoms with van der Waals surface area (Å²) in [7, 11) is 0. The lowest BCUT2D eigenvalue weighted by atomic mass is 10.2. The molecule has 0 aliphatic heterocycles. The van der Waals surface area contributed by atoms with Gasteiger partial charge in [0.15, 0.2) is 0 Å². The van der Waals surface area contributed by atoms with E-state index in [1.54, 1.807) is 18.2 Å². The van der Waals surface area contributed by atoms with Crippen LogP contribution in [0.3, 0.4) is 0 Å². The monoisotopic (exact) mass is 520 g/mol. The number of rotatable bonds is 8. The Hall–Kier alpha value is -3.34. The van der Waals surface area contributed by atoms with E-state index in [0.29, 0.717) is 11.4 Å². The van der Waals surface area contributed by atoms with Crippen molar-refractivity contribution in [1.82, 2.24) is 9.78 Å². The standard InChI is InChI=1S/C22H19BrF2N4O4/c1-12-3-2-4-16(7-12)33-17-9-14(8-15(10-17)29(31)32)26-18(30)11-28-21(13-5-6-13)19(23)20(27-28)22(24)25/h2-4,7-10,13,22H,5-6,11H2,1H3,(H,26,30). The highest BCUT2D eigenvalue weighted by atomic mass is 79.9. The SMILES string of the molecule is Cc1cccc(Oc2cc(NC(=O)Cn3nc(C(F)F)c(Br)c3C3CC3)cc([N+](=O)[O-])c2)c1. The molecule has 172 valence electrons. The number of aryl methyl sites for hydroxylation is 1. The zero-order valence-electron chi connectivity index (χ0n) is 17.4. The average molecular weight is 521 g/mol. The first-order valence-corrected chi connectivity index (χ1v) is 10.9. The number of nitrogens with zero attached hydrogens (tertiary/aromatic N) is 3. The van der Waals surface area contributed by atoms with Gasteiger partial charge in [-0.25, -0.2) is 8.78 Å². The maximum atomic E-state index is 13.3. The second-order valence-electron chi connectivity index (χ2n) is 7.76. The Balaban J connectivity index is 1.56. The Morgan fingerprint density at radius 2 is 2.06 bits per heavy atom. The highest BCUT2D eigenvalue weighted by molar-refractivity contribution is 9.10. The Labute approximate surface area is 195 Å². The van der Waals surface area contributed by atoms with Crippen molar-refractivity contribution in [1.29, 1.82) is 0 Å². The van der Waals surface area contributed by atoms with Gasteiger partial charge < -0.3 is 10.1 Å². The molecule has 1 aliphatic carbocycles. The molecule has 1 amide bonds. The minimum absolute atomic E-state index is 0.0688. The van der Waals surface area contributed by atoms with Crippen molar-refractivity contribution in [2.24, 2.45) is 0 Å². The van der Waals surface area contributed by atoms with E-state index in [0.717, 1.165) is 18.4 Å². The van der Waals surface area contributed by atoms with E-state index in [2.05, 4.69) is 26.3 Å². The molecule has 0 unspecified atom stereocenters. The number of hydrogen-bond acceptors (Lipinski definition) is 5. The van der Waals surface area contributed by atoms with Gasteiger partial charge >= 0.3 is 0 Å². The molecule has 2 aromatic carbocycles. The zero-order chi connectivity index (χ0) is 23.7. The minimum Gasteiger partial charge on any atom is -0.457 e. The number of carbonyl (C=O) groups is 1. The van der Waals surface area contributed by atoms with Gasteiger partial charge in [0, 0.05) is 18.1 Å². The fraction of sp³-hybridized carbons (Fsp3) is 0.273. The summed E-state index contributed by atoms with van der Waals surface area (Å²) in [5, 5.41) is 17.9. The third-order valence-corrected chi connectivity index (χ3v) is 5.84. The van der Waals surface area contributed by atoms with Crippen LogP contribution in [0.25, 0.3) is 0 Å². The first-order chi connectivity index (χ1) is 15.7. The van der Waals surface area contributed by atoms with Crippen LogP contribution < -0.4 is 10.1 Å². The third kappa shape index (κ3) is 5.36. The summed E-state index contributed by atoms with van der Waals surface area (Å²) in [5.41, 5.74) is 0.976. The molecule has 1 fully saturated rings. The highest BCUT2D eigenvalue weighted by Crippen LogP contribution is 2.45. The molecule has 8 nitrogen and oxygen atoms in total. The number of aromatic nitrogens is 2. The van der Waals surface area contributed by atoms with E-state index >= 15 is 0 Å². The molecule has 0 saturated heterocycles. The van der Waals surface area contributed by atoms with E-state index < -0.39 is 22.9 Å². The van der Waals surface area contributed by atoms with Gasteiger partial charge in [0.05, 0.1) is 26.8 Å². The Kier molecular flexibility index (Phi) is 6.41. The number of nitro groups is 1. The predicted octanol–water partition coefficient (Wildman–Crippen LogP) is 6.11. The number of carbonyl (C=O) groups excluding carboxylic acids is 1. The lowest BCUT2D eigenvalue weighted by Gasteiger charge is -2.11. The average Bonchev–Trinajstić information content (AvgIpc) is 3.51. The van der Waals surface area contributed by atoms with Crippen LogP contribution in [0.4, 0.5) is 20.2 Å². The molecule has 33 heavy (non-hydrogen) atoms. The molecular formula is C22H19BrF2N4O4. The molecule has 0 radical (unpaired) electrons. The number of non-ortho nitro benzene ring substituents is 1. The maximum Gasteiger partial charge on any atom is 0.283 e. The van der Waals surface area contributed by atoms with Gasteiger partial charge in [-0.2, -0.15) is 5.10 Å². The van der Waals surface area contributed by atoms with Crippen molar-refractivity contribution >= 4 is 33.2 Å². The molecule has 1 aliphatic rings. The van der Waals surface area contributed by atoms with Crippen LogP contribution >= 0.6 is 15.9 Å². The normalized spacial score (nSPS) is 13.2. The summed E-state index contributed by atoms with van der Waals surface area (Å²) < 4.78 is 33.8. The van der Waals surface area contributed by atoms with Gasteiger partial charge in [-0.05, 0) is 53.4 Å². The fourth-order valence-corrected chi connectivity index (χ4v) is 4.23. The first-order valence-electron chi connectivity index (χ1n) is 10.1.